The molecule has 0 aliphatic rings. The van der Waals surface area contributed by atoms with Crippen molar-refractivity contribution in [3.05, 3.63) is 79.1 Å². The van der Waals surface area contributed by atoms with E-state index in [1.807, 2.05) is 31.2 Å². The zero-order chi connectivity index (χ0) is 19.4. The van der Waals surface area contributed by atoms with E-state index in [4.69, 9.17) is 11.6 Å². The lowest BCUT2D eigenvalue weighted by molar-refractivity contribution is -0.384. The Hall–Kier alpha value is -3.01. The number of nitro benzene ring substituents is 1. The number of non-ortho nitro benzene ring substituents is 1. The summed E-state index contributed by atoms with van der Waals surface area (Å²) in [5.74, 6) is 0. The van der Waals surface area contributed by atoms with Crippen molar-refractivity contribution in [1.82, 2.24) is 4.98 Å². The standard InChI is InChI=1S/C20H14ClN3O2S/c1-2-18-19(14-5-7-16(21)8-6-14)23-20(27-18)15(12-22)11-13-3-9-17(10-4-13)24(25)26/h3-11H,2H2,1H3. The van der Waals surface area contributed by atoms with Gasteiger partial charge in [0.15, 0.2) is 0 Å². The number of aryl methyl sites for hydroxylation is 1. The Bertz CT molecular complexity index is 1050. The molecule has 3 aromatic rings. The highest BCUT2D eigenvalue weighted by molar-refractivity contribution is 7.13. The predicted octanol–water partition coefficient (Wildman–Crippen LogP) is 6.00. The SMILES string of the molecule is CCc1sc(C(C#N)=Cc2ccc([N+](=O)[O-])cc2)nc1-c1ccc(Cl)cc1. The van der Waals surface area contributed by atoms with Gasteiger partial charge in [-0.15, -0.1) is 11.3 Å². The Balaban J connectivity index is 1.99. The van der Waals surface area contributed by atoms with Gasteiger partial charge in [-0.2, -0.15) is 5.26 Å². The van der Waals surface area contributed by atoms with Crippen molar-refractivity contribution >= 4 is 40.3 Å². The average Bonchev–Trinajstić information content (AvgIpc) is 3.11. The normalized spacial score (nSPS) is 11.2. The van der Waals surface area contributed by atoms with Crippen molar-refractivity contribution in [3.63, 3.8) is 0 Å². The number of rotatable bonds is 5. The molecule has 0 amide bonds. The Labute approximate surface area is 165 Å². The third kappa shape index (κ3) is 4.22. The molecule has 0 saturated heterocycles. The molecule has 1 aromatic heterocycles. The van der Waals surface area contributed by atoms with Gasteiger partial charge < -0.3 is 0 Å². The van der Waals surface area contributed by atoms with E-state index in [-0.39, 0.29) is 5.69 Å². The summed E-state index contributed by atoms with van der Waals surface area (Å²) in [7, 11) is 0. The van der Waals surface area contributed by atoms with Crippen LogP contribution in [0.3, 0.4) is 0 Å². The lowest BCUT2D eigenvalue weighted by atomic mass is 10.1. The Kier molecular flexibility index (Phi) is 5.65. The van der Waals surface area contributed by atoms with Crippen molar-refractivity contribution < 1.29 is 4.92 Å². The fourth-order valence-corrected chi connectivity index (χ4v) is 3.66. The summed E-state index contributed by atoms with van der Waals surface area (Å²) in [5, 5.41) is 21.6. The van der Waals surface area contributed by atoms with Gasteiger partial charge in [0.2, 0.25) is 0 Å². The van der Waals surface area contributed by atoms with Gasteiger partial charge >= 0.3 is 0 Å². The van der Waals surface area contributed by atoms with Crippen molar-refractivity contribution in [1.29, 1.82) is 5.26 Å². The number of nitriles is 1. The van der Waals surface area contributed by atoms with E-state index in [1.165, 1.54) is 23.5 Å². The molecule has 27 heavy (non-hydrogen) atoms. The molecule has 0 N–H and O–H groups in total. The highest BCUT2D eigenvalue weighted by Gasteiger charge is 2.15. The molecule has 0 atom stereocenters. The number of hydrogen-bond acceptors (Lipinski definition) is 5. The van der Waals surface area contributed by atoms with Crippen LogP contribution in [0.1, 0.15) is 22.4 Å². The van der Waals surface area contributed by atoms with Gasteiger partial charge in [0.25, 0.3) is 5.69 Å². The second-order valence-electron chi connectivity index (χ2n) is 5.67. The van der Waals surface area contributed by atoms with Gasteiger partial charge in [-0.25, -0.2) is 4.98 Å². The summed E-state index contributed by atoms with van der Waals surface area (Å²) >= 11 is 7.44. The minimum absolute atomic E-state index is 0.0122. The second-order valence-corrected chi connectivity index (χ2v) is 7.19. The smallest absolute Gasteiger partial charge is 0.258 e. The fraction of sp³-hybridized carbons (Fsp3) is 0.100. The van der Waals surface area contributed by atoms with E-state index < -0.39 is 4.92 Å². The molecule has 3 rings (SSSR count). The van der Waals surface area contributed by atoms with Gasteiger partial charge in [0, 0.05) is 27.6 Å². The third-order valence-electron chi connectivity index (χ3n) is 3.90. The first-order chi connectivity index (χ1) is 13.0. The molecule has 0 aliphatic heterocycles. The van der Waals surface area contributed by atoms with Crippen LogP contribution in [0.15, 0.2) is 48.5 Å². The minimum Gasteiger partial charge on any atom is -0.258 e. The first kappa shape index (κ1) is 18.8. The van der Waals surface area contributed by atoms with Crippen LogP contribution in [-0.2, 0) is 6.42 Å². The van der Waals surface area contributed by atoms with Crippen LogP contribution >= 0.6 is 22.9 Å². The van der Waals surface area contributed by atoms with Crippen molar-refractivity contribution in [2.24, 2.45) is 0 Å². The molecule has 0 spiro atoms. The number of nitro groups is 1. The van der Waals surface area contributed by atoms with E-state index >= 15 is 0 Å². The zero-order valence-corrected chi connectivity index (χ0v) is 15.9. The maximum Gasteiger partial charge on any atom is 0.269 e. The molecule has 0 fully saturated rings. The third-order valence-corrected chi connectivity index (χ3v) is 5.39. The van der Waals surface area contributed by atoms with E-state index in [2.05, 4.69) is 11.1 Å². The summed E-state index contributed by atoms with van der Waals surface area (Å²) in [6.07, 6.45) is 2.49. The lowest BCUT2D eigenvalue weighted by Gasteiger charge is -2.00. The molecule has 0 radical (unpaired) electrons. The molecular formula is C20H14ClN3O2S. The molecule has 1 heterocycles. The average molecular weight is 396 g/mol. The number of halogens is 1. The summed E-state index contributed by atoms with van der Waals surface area (Å²) in [5.41, 5.74) is 2.94. The topological polar surface area (TPSA) is 79.8 Å². The van der Waals surface area contributed by atoms with Crippen LogP contribution in [0.2, 0.25) is 5.02 Å². The molecule has 0 unspecified atom stereocenters. The van der Waals surface area contributed by atoms with Crippen LogP contribution in [0.5, 0.6) is 0 Å². The Morgan fingerprint density at radius 2 is 1.93 bits per heavy atom. The largest absolute Gasteiger partial charge is 0.269 e. The molecule has 0 bridgehead atoms. The highest BCUT2D eigenvalue weighted by Crippen LogP contribution is 2.33. The van der Waals surface area contributed by atoms with Crippen LogP contribution in [0, 0.1) is 21.4 Å². The minimum atomic E-state index is -0.453. The van der Waals surface area contributed by atoms with Crippen LogP contribution < -0.4 is 0 Å². The van der Waals surface area contributed by atoms with Crippen LogP contribution in [0.4, 0.5) is 5.69 Å². The number of aromatic nitrogens is 1. The number of benzene rings is 2. The van der Waals surface area contributed by atoms with Gasteiger partial charge in [0.05, 0.1) is 16.2 Å². The van der Waals surface area contributed by atoms with Crippen molar-refractivity contribution in [3.8, 4) is 17.3 Å². The molecule has 0 aliphatic carbocycles. The summed E-state index contributed by atoms with van der Waals surface area (Å²) in [6, 6.07) is 15.7. The van der Waals surface area contributed by atoms with Crippen LogP contribution in [0.25, 0.3) is 22.9 Å². The zero-order valence-electron chi connectivity index (χ0n) is 14.3. The van der Waals surface area contributed by atoms with E-state index in [9.17, 15) is 15.4 Å². The van der Waals surface area contributed by atoms with E-state index in [1.54, 1.807) is 18.2 Å². The van der Waals surface area contributed by atoms with Crippen molar-refractivity contribution in [2.45, 2.75) is 13.3 Å². The number of allylic oxidation sites excluding steroid dienone is 1. The van der Waals surface area contributed by atoms with E-state index in [0.29, 0.717) is 21.2 Å². The van der Waals surface area contributed by atoms with Gasteiger partial charge in [-0.1, -0.05) is 30.7 Å². The molecule has 7 heteroatoms. The first-order valence-electron chi connectivity index (χ1n) is 8.14. The molecule has 0 saturated carbocycles. The fourth-order valence-electron chi connectivity index (χ4n) is 2.54. The summed E-state index contributed by atoms with van der Waals surface area (Å²) < 4.78 is 0. The summed E-state index contributed by atoms with van der Waals surface area (Å²) in [4.78, 5) is 16.1. The molecule has 2 aromatic carbocycles. The number of hydrogen-bond donors (Lipinski definition) is 0. The Morgan fingerprint density at radius 1 is 1.26 bits per heavy atom. The van der Waals surface area contributed by atoms with Crippen molar-refractivity contribution in [2.75, 3.05) is 0 Å². The predicted molar refractivity (Wildman–Crippen MR) is 109 cm³/mol. The summed E-state index contributed by atoms with van der Waals surface area (Å²) in [6.45, 7) is 2.04. The second kappa shape index (κ2) is 8.12. The quantitative estimate of drug-likeness (QED) is 0.301. The van der Waals surface area contributed by atoms with E-state index in [0.717, 1.165) is 22.6 Å². The molecular weight excluding hydrogens is 382 g/mol. The molecule has 5 nitrogen and oxygen atoms in total. The first-order valence-corrected chi connectivity index (χ1v) is 9.33. The maximum absolute atomic E-state index is 10.8. The number of thiazole rings is 1. The number of nitrogens with zero attached hydrogens (tertiary/aromatic N) is 3. The Morgan fingerprint density at radius 3 is 2.48 bits per heavy atom. The lowest BCUT2D eigenvalue weighted by Crippen LogP contribution is -1.87. The van der Waals surface area contributed by atoms with Gasteiger partial charge in [-0.05, 0) is 42.3 Å². The molecule has 134 valence electrons. The van der Waals surface area contributed by atoms with Gasteiger partial charge in [-0.3, -0.25) is 10.1 Å². The van der Waals surface area contributed by atoms with Crippen LogP contribution in [-0.4, -0.2) is 9.91 Å². The maximum atomic E-state index is 10.8. The highest BCUT2D eigenvalue weighted by atomic mass is 35.5. The monoisotopic (exact) mass is 395 g/mol. The van der Waals surface area contributed by atoms with Gasteiger partial charge in [0.1, 0.15) is 11.1 Å².